The van der Waals surface area contributed by atoms with Crippen molar-refractivity contribution in [1.82, 2.24) is 0 Å². The second-order valence-electron chi connectivity index (χ2n) is 7.81. The summed E-state index contributed by atoms with van der Waals surface area (Å²) < 4.78 is 11.7. The van der Waals surface area contributed by atoms with Crippen LogP contribution in [0.3, 0.4) is 0 Å². The first kappa shape index (κ1) is 18.7. The molecule has 1 rings (SSSR count). The normalized spacial score (nSPS) is 12.9. The zero-order valence-electron chi connectivity index (χ0n) is 15.2. The molecular weight excluding hydrogens is 290 g/mol. The van der Waals surface area contributed by atoms with Gasteiger partial charge in [0.2, 0.25) is 0 Å². The Morgan fingerprint density at radius 1 is 1.14 bits per heavy atom. The molecule has 0 fully saturated rings. The van der Waals surface area contributed by atoms with Crippen LogP contribution in [0.2, 0.25) is 18.1 Å². The number of nitriles is 1. The number of hydrogen-bond donors (Lipinski definition) is 0. The lowest BCUT2D eigenvalue weighted by molar-refractivity contribution is 0.269. The van der Waals surface area contributed by atoms with E-state index in [0.29, 0.717) is 6.61 Å². The van der Waals surface area contributed by atoms with Crippen molar-refractivity contribution in [3.63, 3.8) is 0 Å². The molecule has 0 radical (unpaired) electrons. The van der Waals surface area contributed by atoms with Gasteiger partial charge in [0.05, 0.1) is 25.2 Å². The van der Waals surface area contributed by atoms with Crippen LogP contribution in [0.25, 0.3) is 0 Å². The molecule has 22 heavy (non-hydrogen) atoms. The van der Waals surface area contributed by atoms with E-state index in [1.54, 1.807) is 7.11 Å². The van der Waals surface area contributed by atoms with Gasteiger partial charge in [-0.3, -0.25) is 0 Å². The van der Waals surface area contributed by atoms with Crippen molar-refractivity contribution >= 4 is 8.32 Å². The summed E-state index contributed by atoms with van der Waals surface area (Å²) in [5.41, 5.74) is 1.48. The number of hydrogen-bond acceptors (Lipinski definition) is 3. The van der Waals surface area contributed by atoms with Crippen molar-refractivity contribution in [2.75, 3.05) is 7.11 Å². The first-order chi connectivity index (χ1) is 9.94. The minimum atomic E-state index is -1.82. The van der Waals surface area contributed by atoms with Crippen LogP contribution in [0.4, 0.5) is 0 Å². The third kappa shape index (κ3) is 4.12. The second kappa shape index (κ2) is 6.43. The average Bonchev–Trinajstić information content (AvgIpc) is 2.43. The number of benzene rings is 1. The van der Waals surface area contributed by atoms with Gasteiger partial charge in [-0.05, 0) is 49.7 Å². The minimum Gasteiger partial charge on any atom is -0.496 e. The molecule has 3 nitrogen and oxygen atoms in total. The fourth-order valence-electron chi connectivity index (χ4n) is 1.82. The van der Waals surface area contributed by atoms with Crippen LogP contribution >= 0.6 is 0 Å². The Balaban J connectivity index is 3.09. The Kier molecular flexibility index (Phi) is 5.48. The summed E-state index contributed by atoms with van der Waals surface area (Å²) >= 11 is 0. The minimum absolute atomic E-state index is 0.170. The van der Waals surface area contributed by atoms with Crippen molar-refractivity contribution in [1.29, 1.82) is 5.26 Å². The molecule has 0 heterocycles. The van der Waals surface area contributed by atoms with Crippen molar-refractivity contribution in [2.45, 2.75) is 64.8 Å². The lowest BCUT2D eigenvalue weighted by Gasteiger charge is -2.36. The fraction of sp³-hybridized carbons (Fsp3) is 0.611. The van der Waals surface area contributed by atoms with Gasteiger partial charge in [0.15, 0.2) is 8.32 Å². The molecule has 0 spiro atoms. The van der Waals surface area contributed by atoms with Crippen molar-refractivity contribution < 1.29 is 9.16 Å². The SMILES string of the molecule is COc1ccc(C(C)(C)C#N)cc1CO[Si](C)(C)C(C)(C)C. The summed E-state index contributed by atoms with van der Waals surface area (Å²) in [4.78, 5) is 0. The first-order valence-corrected chi connectivity index (χ1v) is 10.6. The number of rotatable bonds is 5. The number of nitrogens with zero attached hydrogens (tertiary/aromatic N) is 1. The summed E-state index contributed by atoms with van der Waals surface area (Å²) in [5, 5.41) is 9.50. The molecule has 0 aromatic heterocycles. The smallest absolute Gasteiger partial charge is 0.192 e. The lowest BCUT2D eigenvalue weighted by Crippen LogP contribution is -2.40. The van der Waals surface area contributed by atoms with Crippen molar-refractivity contribution in [3.8, 4) is 11.8 Å². The number of ether oxygens (including phenoxy) is 1. The maximum Gasteiger partial charge on any atom is 0.192 e. The highest BCUT2D eigenvalue weighted by atomic mass is 28.4. The molecule has 0 N–H and O–H groups in total. The van der Waals surface area contributed by atoms with E-state index < -0.39 is 13.7 Å². The monoisotopic (exact) mass is 319 g/mol. The molecule has 0 saturated heterocycles. The molecule has 122 valence electrons. The predicted octanol–water partition coefficient (Wildman–Crippen LogP) is 5.02. The molecular formula is C18H29NO2Si. The molecule has 0 aliphatic heterocycles. The first-order valence-electron chi connectivity index (χ1n) is 7.67. The highest BCUT2D eigenvalue weighted by Gasteiger charge is 2.37. The quantitative estimate of drug-likeness (QED) is 0.716. The van der Waals surface area contributed by atoms with Gasteiger partial charge in [0.25, 0.3) is 0 Å². The van der Waals surface area contributed by atoms with Gasteiger partial charge in [-0.15, -0.1) is 0 Å². The Morgan fingerprint density at radius 3 is 2.18 bits per heavy atom. The number of methoxy groups -OCH3 is 1. The Bertz CT molecular complexity index is 565. The highest BCUT2D eigenvalue weighted by molar-refractivity contribution is 6.74. The molecule has 0 aliphatic rings. The van der Waals surface area contributed by atoms with Crippen LogP contribution in [-0.2, 0) is 16.4 Å². The van der Waals surface area contributed by atoms with Crippen molar-refractivity contribution in [2.24, 2.45) is 0 Å². The van der Waals surface area contributed by atoms with Gasteiger partial charge < -0.3 is 9.16 Å². The largest absolute Gasteiger partial charge is 0.496 e. The van der Waals surface area contributed by atoms with Gasteiger partial charge in [-0.2, -0.15) is 5.26 Å². The van der Waals surface area contributed by atoms with Gasteiger partial charge in [-0.1, -0.05) is 26.8 Å². The van der Waals surface area contributed by atoms with Gasteiger partial charge in [0.1, 0.15) is 5.75 Å². The molecule has 0 bridgehead atoms. The molecule has 0 atom stereocenters. The summed E-state index contributed by atoms with van der Waals surface area (Å²) in [6.07, 6.45) is 0. The molecule has 0 amide bonds. The average molecular weight is 320 g/mol. The van der Waals surface area contributed by atoms with E-state index in [9.17, 15) is 5.26 Å². The summed E-state index contributed by atoms with van der Waals surface area (Å²) in [5.74, 6) is 0.816. The zero-order chi connectivity index (χ0) is 17.2. The van der Waals surface area contributed by atoms with E-state index in [2.05, 4.69) is 39.9 Å². The van der Waals surface area contributed by atoms with E-state index in [4.69, 9.17) is 9.16 Å². The summed E-state index contributed by atoms with van der Waals surface area (Å²) in [6.45, 7) is 15.5. The zero-order valence-corrected chi connectivity index (χ0v) is 16.2. The Hall–Kier alpha value is -1.31. The third-order valence-corrected chi connectivity index (χ3v) is 9.15. The molecule has 1 aromatic rings. The molecule has 1 aromatic carbocycles. The summed E-state index contributed by atoms with van der Waals surface area (Å²) in [6, 6.07) is 8.27. The van der Waals surface area contributed by atoms with Crippen LogP contribution in [0.1, 0.15) is 45.7 Å². The van der Waals surface area contributed by atoms with Crippen LogP contribution in [-0.4, -0.2) is 15.4 Å². The predicted molar refractivity (Wildman–Crippen MR) is 93.6 cm³/mol. The van der Waals surface area contributed by atoms with Crippen LogP contribution in [0.5, 0.6) is 5.75 Å². The lowest BCUT2D eigenvalue weighted by atomic mass is 9.85. The maximum atomic E-state index is 9.33. The van der Waals surface area contributed by atoms with Gasteiger partial charge in [0, 0.05) is 5.56 Å². The molecule has 4 heteroatoms. The molecule has 0 aliphatic carbocycles. The fourth-order valence-corrected chi connectivity index (χ4v) is 2.77. The van der Waals surface area contributed by atoms with E-state index >= 15 is 0 Å². The van der Waals surface area contributed by atoms with E-state index in [0.717, 1.165) is 16.9 Å². The van der Waals surface area contributed by atoms with E-state index in [-0.39, 0.29) is 5.04 Å². The molecule has 0 unspecified atom stereocenters. The highest BCUT2D eigenvalue weighted by Crippen LogP contribution is 2.38. The Labute approximate surface area is 136 Å². The van der Waals surface area contributed by atoms with Gasteiger partial charge >= 0.3 is 0 Å². The topological polar surface area (TPSA) is 42.2 Å². The Morgan fingerprint density at radius 2 is 1.73 bits per heavy atom. The van der Waals surface area contributed by atoms with Crippen LogP contribution in [0.15, 0.2) is 18.2 Å². The third-order valence-electron chi connectivity index (χ3n) is 4.68. The van der Waals surface area contributed by atoms with E-state index in [1.807, 2.05) is 32.0 Å². The van der Waals surface area contributed by atoms with Crippen LogP contribution < -0.4 is 4.74 Å². The van der Waals surface area contributed by atoms with Crippen LogP contribution in [0, 0.1) is 11.3 Å². The maximum absolute atomic E-state index is 9.33. The second-order valence-corrected chi connectivity index (χ2v) is 12.6. The summed E-state index contributed by atoms with van der Waals surface area (Å²) in [7, 11) is -0.149. The standard InChI is InChI=1S/C18H29NO2Si/c1-17(2,3)22(7,8)21-12-14-11-15(18(4,5)13-19)9-10-16(14)20-6/h9-11H,12H2,1-8H3. The van der Waals surface area contributed by atoms with Gasteiger partial charge in [-0.25, -0.2) is 0 Å². The van der Waals surface area contributed by atoms with E-state index in [1.165, 1.54) is 0 Å². The van der Waals surface area contributed by atoms with Crippen molar-refractivity contribution in [3.05, 3.63) is 29.3 Å². The molecule has 0 saturated carbocycles.